The molecule has 0 bridgehead atoms. The van der Waals surface area contributed by atoms with Gasteiger partial charge in [0.05, 0.1) is 5.41 Å². The minimum atomic E-state index is -0.365. The Bertz CT molecular complexity index is 4010. The highest BCUT2D eigenvalue weighted by molar-refractivity contribution is 6.09. The van der Waals surface area contributed by atoms with Gasteiger partial charge in [-0.15, -0.1) is 0 Å². The van der Waals surface area contributed by atoms with Crippen LogP contribution in [0.25, 0.3) is 66.4 Å². The van der Waals surface area contributed by atoms with Crippen LogP contribution >= 0.6 is 0 Å². The standard InChI is InChI=1S/C42H34.C19H14O.C14H14/c1-28-13-12-19-36-35-24-22-30(25-29-21-23-34-33-18-10-11-20-37(33)41(2,3)38(34)26-29)27-39(35)42(40(28)36,31-14-6-4-7-15-31)32-16-8-5-9-17-32;1-13-6-4-7-14(12-13)15-9-5-10-17-16-8-2-3-11-18(16)20-19(15)17;1-11-7-3-5-9-13(11)14-10-6-4-8-12(14)2/h4-24,26-27H,25H2,1-3H3;2-12H,1H3;3-10H,1-2H3. The van der Waals surface area contributed by atoms with Crippen molar-refractivity contribution in [1.29, 1.82) is 0 Å². The van der Waals surface area contributed by atoms with Crippen LogP contribution in [-0.2, 0) is 17.3 Å². The molecule has 14 rings (SSSR count). The summed E-state index contributed by atoms with van der Waals surface area (Å²) in [5.41, 5.74) is 28.3. The number of aryl methyl sites for hydroxylation is 4. The van der Waals surface area contributed by atoms with Gasteiger partial charge in [-0.3, -0.25) is 0 Å². The molecule has 0 radical (unpaired) electrons. The lowest BCUT2D eigenvalue weighted by molar-refractivity contribution is 0.659. The summed E-state index contributed by atoms with van der Waals surface area (Å²) in [5.74, 6) is 0. The third-order valence-electron chi connectivity index (χ3n) is 16.2. The molecule has 0 aliphatic heterocycles. The fourth-order valence-electron chi connectivity index (χ4n) is 12.5. The maximum Gasteiger partial charge on any atom is 0.143 e. The second-order valence-corrected chi connectivity index (χ2v) is 21.4. The zero-order chi connectivity index (χ0) is 52.0. The molecule has 1 aromatic heterocycles. The van der Waals surface area contributed by atoms with Crippen LogP contribution in [0.2, 0.25) is 0 Å². The van der Waals surface area contributed by atoms with Gasteiger partial charge in [0.1, 0.15) is 11.2 Å². The lowest BCUT2D eigenvalue weighted by Gasteiger charge is -2.35. The molecule has 368 valence electrons. The van der Waals surface area contributed by atoms with E-state index >= 15 is 0 Å². The summed E-state index contributed by atoms with van der Waals surface area (Å²) in [6, 6.07) is 92.4. The van der Waals surface area contributed by atoms with Crippen LogP contribution in [0.3, 0.4) is 0 Å². The van der Waals surface area contributed by atoms with Crippen LogP contribution < -0.4 is 0 Å². The molecule has 0 N–H and O–H groups in total. The number of furan rings is 1. The molecule has 0 fully saturated rings. The van der Waals surface area contributed by atoms with Gasteiger partial charge in [-0.2, -0.15) is 0 Å². The third kappa shape index (κ3) is 8.37. The first kappa shape index (κ1) is 48.2. The zero-order valence-corrected chi connectivity index (χ0v) is 44.4. The molecule has 1 heterocycles. The number of benzene rings is 11. The Morgan fingerprint density at radius 3 is 1.49 bits per heavy atom. The van der Waals surface area contributed by atoms with E-state index in [1.807, 2.05) is 12.1 Å². The Morgan fingerprint density at radius 1 is 0.342 bits per heavy atom. The Morgan fingerprint density at radius 2 is 0.829 bits per heavy atom. The van der Waals surface area contributed by atoms with E-state index in [0.717, 1.165) is 23.2 Å². The molecule has 0 amide bonds. The first-order valence-electron chi connectivity index (χ1n) is 26.8. The van der Waals surface area contributed by atoms with Crippen molar-refractivity contribution in [3.63, 3.8) is 0 Å². The molecular weight excluding hydrogens is 917 g/mol. The monoisotopic (exact) mass is 978 g/mol. The van der Waals surface area contributed by atoms with Crippen molar-refractivity contribution in [3.8, 4) is 44.5 Å². The van der Waals surface area contributed by atoms with E-state index in [0.29, 0.717) is 0 Å². The molecule has 0 atom stereocenters. The normalized spacial score (nSPS) is 13.1. The highest BCUT2D eigenvalue weighted by atomic mass is 16.3. The summed E-state index contributed by atoms with van der Waals surface area (Å²) in [6.07, 6.45) is 0.905. The largest absolute Gasteiger partial charge is 0.455 e. The van der Waals surface area contributed by atoms with Crippen molar-refractivity contribution < 1.29 is 4.42 Å². The summed E-state index contributed by atoms with van der Waals surface area (Å²) in [5, 5.41) is 2.36. The average molecular weight is 979 g/mol. The molecule has 1 heteroatoms. The first-order valence-corrected chi connectivity index (χ1v) is 26.8. The number of fused-ring (bicyclic) bond motifs is 9. The molecule has 0 saturated heterocycles. The molecule has 0 spiro atoms. The van der Waals surface area contributed by atoms with Gasteiger partial charge < -0.3 is 4.42 Å². The topological polar surface area (TPSA) is 13.1 Å². The molecule has 0 saturated carbocycles. The van der Waals surface area contributed by atoms with Crippen LogP contribution in [0.5, 0.6) is 0 Å². The van der Waals surface area contributed by atoms with Crippen LogP contribution in [0, 0.1) is 27.7 Å². The van der Waals surface area contributed by atoms with E-state index in [2.05, 4.69) is 284 Å². The van der Waals surface area contributed by atoms with Gasteiger partial charge in [-0.05, 0) is 140 Å². The first-order chi connectivity index (χ1) is 37.1. The lowest BCUT2D eigenvalue weighted by Crippen LogP contribution is -2.29. The third-order valence-corrected chi connectivity index (χ3v) is 16.2. The van der Waals surface area contributed by atoms with Crippen molar-refractivity contribution in [2.75, 3.05) is 0 Å². The molecule has 2 aliphatic carbocycles. The van der Waals surface area contributed by atoms with Crippen molar-refractivity contribution in [1.82, 2.24) is 0 Å². The summed E-state index contributed by atoms with van der Waals surface area (Å²) in [7, 11) is 0. The van der Waals surface area contributed by atoms with Crippen molar-refractivity contribution in [2.24, 2.45) is 0 Å². The van der Waals surface area contributed by atoms with E-state index in [1.165, 1.54) is 116 Å². The van der Waals surface area contributed by atoms with E-state index in [-0.39, 0.29) is 10.8 Å². The Balaban J connectivity index is 0.000000140. The lowest BCUT2D eigenvalue weighted by atomic mass is 9.66. The van der Waals surface area contributed by atoms with E-state index in [1.54, 1.807) is 0 Å². The quantitative estimate of drug-likeness (QED) is 0.162. The second kappa shape index (κ2) is 19.8. The second-order valence-electron chi connectivity index (χ2n) is 21.4. The Kier molecular flexibility index (Phi) is 12.6. The van der Waals surface area contributed by atoms with Crippen LogP contribution in [0.1, 0.15) is 80.6 Å². The molecular formula is C75H62O. The van der Waals surface area contributed by atoms with Crippen molar-refractivity contribution >= 4 is 21.9 Å². The van der Waals surface area contributed by atoms with Gasteiger partial charge in [0.25, 0.3) is 0 Å². The summed E-state index contributed by atoms with van der Waals surface area (Å²) < 4.78 is 6.08. The highest BCUT2D eigenvalue weighted by Gasteiger charge is 2.47. The Hall–Kier alpha value is -8.78. The molecule has 0 unspecified atom stereocenters. The number of hydrogen-bond donors (Lipinski definition) is 0. The van der Waals surface area contributed by atoms with Gasteiger partial charge in [0.2, 0.25) is 0 Å². The van der Waals surface area contributed by atoms with Crippen molar-refractivity contribution in [2.45, 2.75) is 58.8 Å². The van der Waals surface area contributed by atoms with E-state index < -0.39 is 0 Å². The van der Waals surface area contributed by atoms with Crippen LogP contribution in [0.15, 0.2) is 259 Å². The van der Waals surface area contributed by atoms with Gasteiger partial charge in [-0.25, -0.2) is 0 Å². The summed E-state index contributed by atoms with van der Waals surface area (Å²) >= 11 is 0. The summed E-state index contributed by atoms with van der Waals surface area (Å²) in [4.78, 5) is 0. The fourth-order valence-corrected chi connectivity index (χ4v) is 12.5. The fraction of sp³-hybridized carbons (Fsp3) is 0.120. The van der Waals surface area contributed by atoms with Gasteiger partial charge >= 0.3 is 0 Å². The van der Waals surface area contributed by atoms with Crippen molar-refractivity contribution in [3.05, 3.63) is 322 Å². The van der Waals surface area contributed by atoms with Gasteiger partial charge in [-0.1, -0.05) is 268 Å². The molecule has 1 nitrogen and oxygen atoms in total. The van der Waals surface area contributed by atoms with E-state index in [4.69, 9.17) is 4.42 Å². The maximum absolute atomic E-state index is 6.08. The molecule has 12 aromatic rings. The smallest absolute Gasteiger partial charge is 0.143 e. The minimum Gasteiger partial charge on any atom is -0.455 e. The van der Waals surface area contributed by atoms with Crippen LogP contribution in [0.4, 0.5) is 0 Å². The minimum absolute atomic E-state index is 0.00875. The average Bonchev–Trinajstić information content (AvgIpc) is 4.10. The molecule has 76 heavy (non-hydrogen) atoms. The number of para-hydroxylation sites is 2. The van der Waals surface area contributed by atoms with Gasteiger partial charge in [0.15, 0.2) is 0 Å². The Labute approximate surface area is 448 Å². The predicted molar refractivity (Wildman–Crippen MR) is 321 cm³/mol. The predicted octanol–water partition coefficient (Wildman–Crippen LogP) is 19.8. The SMILES string of the molecule is Cc1cccc(-c2cccc3c2oc2ccccc23)c1.Cc1cccc2c1C(c1ccccc1)(c1ccccc1)c1cc(Cc3ccc4c(c3)C(C)(C)c3ccccc3-4)ccc1-2.Cc1ccccc1-c1ccccc1C. The number of rotatable bonds is 6. The maximum atomic E-state index is 6.08. The summed E-state index contributed by atoms with van der Waals surface area (Å²) in [6.45, 7) is 13.4. The van der Waals surface area contributed by atoms with Gasteiger partial charge in [0, 0.05) is 21.8 Å². The van der Waals surface area contributed by atoms with E-state index in [9.17, 15) is 0 Å². The zero-order valence-electron chi connectivity index (χ0n) is 44.4. The molecule has 11 aromatic carbocycles. The highest BCUT2D eigenvalue weighted by Crippen LogP contribution is 2.57. The molecule has 2 aliphatic rings. The number of hydrogen-bond acceptors (Lipinski definition) is 1. The van der Waals surface area contributed by atoms with Crippen LogP contribution in [-0.4, -0.2) is 0 Å².